The van der Waals surface area contributed by atoms with Crippen LogP contribution < -0.4 is 48.9 Å². The van der Waals surface area contributed by atoms with Gasteiger partial charge in [-0.2, -0.15) is 5.10 Å². The number of hydrogen-bond acceptors (Lipinski definition) is 8. The van der Waals surface area contributed by atoms with Crippen LogP contribution in [0.5, 0.6) is 17.2 Å². The van der Waals surface area contributed by atoms with Crippen molar-refractivity contribution in [2.45, 2.75) is 38.7 Å². The summed E-state index contributed by atoms with van der Waals surface area (Å²) in [6.45, 7) is 4.82. The molecule has 1 amide bonds. The number of nitrogens with zero attached hydrogens (tertiary/aromatic N) is 3. The zero-order chi connectivity index (χ0) is 32.6. The Morgan fingerprint density at radius 3 is 2.23 bits per heavy atom. The van der Waals surface area contributed by atoms with Crippen LogP contribution in [-0.2, 0) is 7.05 Å². The minimum absolute atomic E-state index is 0. The third kappa shape index (κ3) is 6.79. The number of Topliss-reactive ketones (excluding diaryl/α,β-unsaturated/α-hetero) is 1. The van der Waals surface area contributed by atoms with Crippen molar-refractivity contribution in [3.8, 4) is 39.5 Å². The van der Waals surface area contributed by atoms with Gasteiger partial charge in [0, 0.05) is 55.9 Å². The first kappa shape index (κ1) is 34.2. The first-order chi connectivity index (χ1) is 22.1. The molecule has 6 rings (SSSR count). The second-order valence-electron chi connectivity index (χ2n) is 11.5. The van der Waals surface area contributed by atoms with E-state index in [2.05, 4.69) is 5.10 Å². The Morgan fingerprint density at radius 1 is 0.979 bits per heavy atom. The number of ether oxygens (including phenoxy) is 3. The van der Waals surface area contributed by atoms with Gasteiger partial charge < -0.3 is 29.0 Å². The number of amides is 1. The second-order valence-corrected chi connectivity index (χ2v) is 11.5. The van der Waals surface area contributed by atoms with E-state index in [1.807, 2.05) is 31.4 Å². The van der Waals surface area contributed by atoms with Crippen LogP contribution in [0.15, 0.2) is 60.9 Å². The van der Waals surface area contributed by atoms with Gasteiger partial charge in [-0.3, -0.25) is 14.3 Å². The molecule has 0 radical (unpaired) electrons. The summed E-state index contributed by atoms with van der Waals surface area (Å²) in [7, 11) is 1.84. The van der Waals surface area contributed by atoms with E-state index in [4.69, 9.17) is 14.2 Å². The summed E-state index contributed by atoms with van der Waals surface area (Å²) in [6, 6.07) is 12.4. The molecule has 12 heteroatoms. The Balaban J connectivity index is 0.00000433. The molecule has 0 saturated carbocycles. The Morgan fingerprint density at radius 2 is 1.64 bits per heavy atom. The topological polar surface area (TPSA) is 123 Å². The standard InChI is InChI=1S/C35H34FN3O7.Na/c1-4-44-30-16-23(17-31(45-5-2)32(30)22-6-8-27(36)25(15-22)34(42)43)33(41)39-12-10-35(11-13-39)18-28(40)26-14-21(7-9-29(26)46-35)24-19-37-38(3)20-24;/h6-9,14-17,19-20H,4-5,10-13,18H2,1-3H3,(H,42,43);/q;+1/p-1. The van der Waals surface area contributed by atoms with Crippen molar-refractivity contribution in [2.24, 2.45) is 7.05 Å². The minimum atomic E-state index is -1.65. The van der Waals surface area contributed by atoms with Crippen LogP contribution in [0.3, 0.4) is 0 Å². The maximum atomic E-state index is 14.2. The number of benzene rings is 3. The van der Waals surface area contributed by atoms with E-state index in [1.54, 1.807) is 41.8 Å². The number of carbonyl (C=O) groups is 3. The van der Waals surface area contributed by atoms with Crippen LogP contribution in [-0.4, -0.2) is 64.2 Å². The van der Waals surface area contributed by atoms with Crippen LogP contribution in [0, 0.1) is 5.82 Å². The van der Waals surface area contributed by atoms with E-state index in [-0.39, 0.29) is 60.9 Å². The third-order valence-corrected chi connectivity index (χ3v) is 8.48. The van der Waals surface area contributed by atoms with Gasteiger partial charge in [0.15, 0.2) is 5.78 Å². The van der Waals surface area contributed by atoms with Crippen molar-refractivity contribution in [1.82, 2.24) is 14.7 Å². The van der Waals surface area contributed by atoms with Crippen molar-refractivity contribution < 1.29 is 67.6 Å². The number of rotatable bonds is 8. The predicted molar refractivity (Wildman–Crippen MR) is 165 cm³/mol. The summed E-state index contributed by atoms with van der Waals surface area (Å²) in [6.07, 6.45) is 4.82. The van der Waals surface area contributed by atoms with Crippen molar-refractivity contribution in [3.63, 3.8) is 0 Å². The number of halogens is 1. The van der Waals surface area contributed by atoms with Gasteiger partial charge in [-0.15, -0.1) is 0 Å². The number of carboxylic acids is 1. The smallest absolute Gasteiger partial charge is 0.545 e. The third-order valence-electron chi connectivity index (χ3n) is 8.48. The first-order valence-electron chi connectivity index (χ1n) is 15.2. The number of aromatic carboxylic acids is 1. The van der Waals surface area contributed by atoms with E-state index >= 15 is 0 Å². The molecule has 1 aromatic heterocycles. The fourth-order valence-corrected chi connectivity index (χ4v) is 6.20. The molecule has 0 unspecified atom stereocenters. The normalized spacial score (nSPS) is 15.0. The fraction of sp³-hybridized carbons (Fsp3) is 0.314. The molecule has 0 atom stereocenters. The summed E-state index contributed by atoms with van der Waals surface area (Å²) in [5.41, 5.74) is 2.13. The van der Waals surface area contributed by atoms with Gasteiger partial charge in [0.05, 0.1) is 42.9 Å². The van der Waals surface area contributed by atoms with Crippen molar-refractivity contribution in [2.75, 3.05) is 26.3 Å². The van der Waals surface area contributed by atoms with Crippen molar-refractivity contribution >= 4 is 17.7 Å². The minimum Gasteiger partial charge on any atom is -0.545 e. The number of carbonyl (C=O) groups excluding carboxylic acids is 3. The molecule has 1 spiro atoms. The van der Waals surface area contributed by atoms with Crippen LogP contribution in [0.25, 0.3) is 22.3 Å². The predicted octanol–water partition coefficient (Wildman–Crippen LogP) is 1.70. The molecule has 2 aliphatic heterocycles. The van der Waals surface area contributed by atoms with Gasteiger partial charge in [0.1, 0.15) is 28.7 Å². The second kappa shape index (κ2) is 13.9. The van der Waals surface area contributed by atoms with Crippen molar-refractivity contribution in [1.29, 1.82) is 0 Å². The molecule has 4 aromatic rings. The summed E-state index contributed by atoms with van der Waals surface area (Å²) in [5, 5.41) is 15.7. The fourth-order valence-electron chi connectivity index (χ4n) is 6.20. The Labute approximate surface area is 293 Å². The number of fused-ring (bicyclic) bond motifs is 1. The number of ketones is 1. The SMILES string of the molecule is CCOc1cc(C(=O)N2CCC3(CC2)CC(=O)c2cc(-c4cnn(C)c4)ccc2O3)cc(OCC)c1-c1ccc(F)c(C(=O)[O-])c1.[Na+]. The molecule has 3 heterocycles. The van der Waals surface area contributed by atoms with Crippen LogP contribution in [0.4, 0.5) is 4.39 Å². The molecule has 3 aromatic carbocycles. The summed E-state index contributed by atoms with van der Waals surface area (Å²) in [5.74, 6) is -1.67. The molecule has 0 aliphatic carbocycles. The number of piperidine rings is 1. The van der Waals surface area contributed by atoms with E-state index in [9.17, 15) is 23.9 Å². The van der Waals surface area contributed by atoms with E-state index in [1.165, 1.54) is 12.1 Å². The van der Waals surface area contributed by atoms with Gasteiger partial charge in [-0.1, -0.05) is 12.1 Å². The monoisotopic (exact) mass is 649 g/mol. The zero-order valence-electron chi connectivity index (χ0n) is 26.8. The van der Waals surface area contributed by atoms with Crippen LogP contribution >= 0.6 is 0 Å². The Bertz CT molecular complexity index is 1820. The molecule has 0 N–H and O–H groups in total. The molecule has 47 heavy (non-hydrogen) atoms. The van der Waals surface area contributed by atoms with Gasteiger partial charge in [-0.05, 0) is 61.4 Å². The quantitative estimate of drug-likeness (QED) is 0.265. The summed E-state index contributed by atoms with van der Waals surface area (Å²) < 4.78 is 34.1. The van der Waals surface area contributed by atoms with E-state index in [0.717, 1.165) is 17.2 Å². The first-order valence-corrected chi connectivity index (χ1v) is 15.2. The van der Waals surface area contributed by atoms with E-state index < -0.39 is 23.0 Å². The molecule has 0 bridgehead atoms. The van der Waals surface area contributed by atoms with Crippen LogP contribution in [0.1, 0.15) is 64.2 Å². The number of carboxylic acid groups (broad SMARTS) is 1. The summed E-state index contributed by atoms with van der Waals surface area (Å²) in [4.78, 5) is 40.4. The van der Waals surface area contributed by atoms with Gasteiger partial charge in [-0.25, -0.2) is 4.39 Å². The average Bonchev–Trinajstić information content (AvgIpc) is 3.47. The Hall–Kier alpha value is -4.19. The number of aromatic nitrogens is 2. The molecule has 1 fully saturated rings. The van der Waals surface area contributed by atoms with E-state index in [0.29, 0.717) is 65.4 Å². The maximum Gasteiger partial charge on any atom is 1.00 e. The maximum absolute atomic E-state index is 14.2. The largest absolute Gasteiger partial charge is 1.00 e. The average molecular weight is 650 g/mol. The van der Waals surface area contributed by atoms with Gasteiger partial charge >= 0.3 is 29.6 Å². The van der Waals surface area contributed by atoms with Gasteiger partial charge in [0.2, 0.25) is 0 Å². The molecule has 1 saturated heterocycles. The molecule has 10 nitrogen and oxygen atoms in total. The molecule has 238 valence electrons. The van der Waals surface area contributed by atoms with Crippen molar-refractivity contribution in [3.05, 3.63) is 83.4 Å². The number of aryl methyl sites for hydroxylation is 1. The molecular weight excluding hydrogens is 616 g/mol. The molecular formula is C35H33FN3NaO7. The number of likely N-dealkylation sites (tertiary alicyclic amines) is 1. The van der Waals surface area contributed by atoms with Crippen LogP contribution in [0.2, 0.25) is 0 Å². The molecule has 2 aliphatic rings. The summed E-state index contributed by atoms with van der Waals surface area (Å²) >= 11 is 0. The zero-order valence-corrected chi connectivity index (χ0v) is 28.8. The van der Waals surface area contributed by atoms with Gasteiger partial charge in [0.25, 0.3) is 5.91 Å². The Kier molecular flexibility index (Phi) is 10.1. The number of hydrogen-bond donors (Lipinski definition) is 0.